The van der Waals surface area contributed by atoms with Gasteiger partial charge in [-0.15, -0.1) is 0 Å². The van der Waals surface area contributed by atoms with Crippen molar-refractivity contribution in [2.45, 2.75) is 57.0 Å². The SMILES string of the molecule is CC1(NC(=O)NC2C3CCC(C3)C2C(=O)O)CCC1. The van der Waals surface area contributed by atoms with E-state index in [1.54, 1.807) is 0 Å². The highest BCUT2D eigenvalue weighted by atomic mass is 16.4. The number of rotatable bonds is 3. The molecule has 0 aliphatic heterocycles. The third-order valence-corrected chi connectivity index (χ3v) is 5.37. The van der Waals surface area contributed by atoms with Gasteiger partial charge in [0.05, 0.1) is 5.92 Å². The molecule has 0 spiro atoms. The molecule has 0 aromatic rings. The summed E-state index contributed by atoms with van der Waals surface area (Å²) >= 11 is 0. The van der Waals surface area contributed by atoms with Crippen LogP contribution in [0.1, 0.15) is 45.4 Å². The molecule has 3 aliphatic carbocycles. The average Bonchev–Trinajstić information content (AvgIpc) is 2.86. The Hall–Kier alpha value is -1.26. The maximum absolute atomic E-state index is 12.0. The zero-order valence-electron chi connectivity index (χ0n) is 11.3. The normalized spacial score (nSPS) is 38.6. The summed E-state index contributed by atoms with van der Waals surface area (Å²) in [6, 6.07) is -0.370. The molecule has 2 amide bonds. The molecule has 0 aromatic heterocycles. The van der Waals surface area contributed by atoms with Gasteiger partial charge < -0.3 is 15.7 Å². The van der Waals surface area contributed by atoms with Crippen LogP contribution >= 0.6 is 0 Å². The zero-order valence-corrected chi connectivity index (χ0v) is 11.3. The van der Waals surface area contributed by atoms with Crippen molar-refractivity contribution in [1.29, 1.82) is 0 Å². The van der Waals surface area contributed by atoms with Crippen LogP contribution in [-0.2, 0) is 4.79 Å². The van der Waals surface area contributed by atoms with Gasteiger partial charge in [-0.05, 0) is 57.3 Å². The smallest absolute Gasteiger partial charge is 0.315 e. The number of amides is 2. The highest BCUT2D eigenvalue weighted by Gasteiger charge is 2.51. The maximum Gasteiger partial charge on any atom is 0.315 e. The van der Waals surface area contributed by atoms with Gasteiger partial charge in [-0.2, -0.15) is 0 Å². The van der Waals surface area contributed by atoms with Crippen molar-refractivity contribution in [3.05, 3.63) is 0 Å². The second kappa shape index (κ2) is 4.39. The summed E-state index contributed by atoms with van der Waals surface area (Å²) in [5.74, 6) is -0.538. The lowest BCUT2D eigenvalue weighted by Gasteiger charge is -2.40. The van der Waals surface area contributed by atoms with Crippen molar-refractivity contribution in [1.82, 2.24) is 10.6 Å². The first-order valence-electron chi connectivity index (χ1n) is 7.30. The van der Waals surface area contributed by atoms with Crippen molar-refractivity contribution in [3.63, 3.8) is 0 Å². The van der Waals surface area contributed by atoms with Gasteiger partial charge >= 0.3 is 12.0 Å². The lowest BCUT2D eigenvalue weighted by atomic mass is 9.78. The van der Waals surface area contributed by atoms with Gasteiger partial charge in [-0.1, -0.05) is 0 Å². The molecule has 0 aromatic carbocycles. The van der Waals surface area contributed by atoms with Crippen LogP contribution in [0.15, 0.2) is 0 Å². The van der Waals surface area contributed by atoms with Gasteiger partial charge in [0.15, 0.2) is 0 Å². The lowest BCUT2D eigenvalue weighted by Crippen LogP contribution is -2.58. The number of aliphatic carboxylic acids is 1. The molecule has 106 valence electrons. The number of hydrogen-bond acceptors (Lipinski definition) is 2. The van der Waals surface area contributed by atoms with E-state index in [0.717, 1.165) is 38.5 Å². The van der Waals surface area contributed by atoms with Crippen LogP contribution in [-0.4, -0.2) is 28.7 Å². The molecule has 5 heteroatoms. The average molecular weight is 266 g/mol. The number of hydrogen-bond donors (Lipinski definition) is 3. The van der Waals surface area contributed by atoms with Crippen LogP contribution in [0.3, 0.4) is 0 Å². The van der Waals surface area contributed by atoms with Crippen LogP contribution < -0.4 is 10.6 Å². The quantitative estimate of drug-likeness (QED) is 0.728. The van der Waals surface area contributed by atoms with Crippen LogP contribution in [0.25, 0.3) is 0 Å². The third kappa shape index (κ3) is 2.19. The van der Waals surface area contributed by atoms with Gasteiger partial charge in [-0.25, -0.2) is 4.79 Å². The van der Waals surface area contributed by atoms with Gasteiger partial charge in [0.25, 0.3) is 0 Å². The second-order valence-corrected chi connectivity index (χ2v) is 6.74. The summed E-state index contributed by atoms with van der Waals surface area (Å²) in [5.41, 5.74) is -0.0829. The van der Waals surface area contributed by atoms with E-state index in [2.05, 4.69) is 10.6 Å². The minimum absolute atomic E-state index is 0.0829. The third-order valence-electron chi connectivity index (χ3n) is 5.37. The maximum atomic E-state index is 12.0. The molecule has 3 fully saturated rings. The summed E-state index contributed by atoms with van der Waals surface area (Å²) in [6.45, 7) is 2.05. The minimum Gasteiger partial charge on any atom is -0.481 e. The summed E-state index contributed by atoms with van der Waals surface area (Å²) in [7, 11) is 0. The summed E-state index contributed by atoms with van der Waals surface area (Å²) < 4.78 is 0. The molecule has 0 radical (unpaired) electrons. The summed E-state index contributed by atoms with van der Waals surface area (Å²) in [6.07, 6.45) is 6.19. The van der Waals surface area contributed by atoms with E-state index in [4.69, 9.17) is 0 Å². The molecule has 0 heterocycles. The molecule has 2 bridgehead atoms. The van der Waals surface area contributed by atoms with Gasteiger partial charge in [0, 0.05) is 11.6 Å². The van der Waals surface area contributed by atoms with Crippen LogP contribution in [0.2, 0.25) is 0 Å². The van der Waals surface area contributed by atoms with E-state index >= 15 is 0 Å². The predicted molar refractivity (Wildman–Crippen MR) is 69.7 cm³/mol. The Morgan fingerprint density at radius 3 is 2.47 bits per heavy atom. The molecule has 4 unspecified atom stereocenters. The highest BCUT2D eigenvalue weighted by molar-refractivity contribution is 5.78. The molecule has 19 heavy (non-hydrogen) atoms. The van der Waals surface area contributed by atoms with E-state index in [1.165, 1.54) is 0 Å². The first-order chi connectivity index (χ1) is 8.98. The second-order valence-electron chi connectivity index (χ2n) is 6.74. The number of fused-ring (bicyclic) bond motifs is 2. The number of carbonyl (C=O) groups excluding carboxylic acids is 1. The van der Waals surface area contributed by atoms with Crippen LogP contribution in [0.4, 0.5) is 4.79 Å². The molecular weight excluding hydrogens is 244 g/mol. The van der Waals surface area contributed by atoms with Crippen LogP contribution in [0, 0.1) is 17.8 Å². The highest BCUT2D eigenvalue weighted by Crippen LogP contribution is 2.48. The molecule has 0 saturated heterocycles. The Kier molecular flexibility index (Phi) is 2.95. The molecule has 4 atom stereocenters. The van der Waals surface area contributed by atoms with E-state index in [-0.39, 0.29) is 23.5 Å². The predicted octanol–water partition coefficient (Wildman–Crippen LogP) is 1.73. The Morgan fingerprint density at radius 2 is 1.89 bits per heavy atom. The first-order valence-corrected chi connectivity index (χ1v) is 7.30. The van der Waals surface area contributed by atoms with E-state index < -0.39 is 11.9 Å². The molecule has 3 N–H and O–H groups in total. The zero-order chi connectivity index (χ0) is 13.6. The molecule has 3 rings (SSSR count). The number of carbonyl (C=O) groups is 2. The molecular formula is C14H22N2O3. The largest absolute Gasteiger partial charge is 0.481 e. The fourth-order valence-corrected chi connectivity index (χ4v) is 4.15. The van der Waals surface area contributed by atoms with Crippen LogP contribution in [0.5, 0.6) is 0 Å². The van der Waals surface area contributed by atoms with E-state index in [1.807, 2.05) is 6.92 Å². The molecule has 5 nitrogen and oxygen atoms in total. The van der Waals surface area contributed by atoms with Gasteiger partial charge in [-0.3, -0.25) is 4.79 Å². The number of urea groups is 1. The van der Waals surface area contributed by atoms with Gasteiger partial charge in [0.1, 0.15) is 0 Å². The van der Waals surface area contributed by atoms with Crippen molar-refractivity contribution in [2.75, 3.05) is 0 Å². The Balaban J connectivity index is 1.62. The Morgan fingerprint density at radius 1 is 1.21 bits per heavy atom. The molecule has 3 aliphatic rings. The monoisotopic (exact) mass is 266 g/mol. The number of carboxylic acids is 1. The summed E-state index contributed by atoms with van der Waals surface area (Å²) in [5, 5.41) is 15.3. The van der Waals surface area contributed by atoms with Crippen molar-refractivity contribution in [3.8, 4) is 0 Å². The van der Waals surface area contributed by atoms with Crippen molar-refractivity contribution in [2.24, 2.45) is 17.8 Å². The Bertz CT molecular complexity index is 405. The summed E-state index contributed by atoms with van der Waals surface area (Å²) in [4.78, 5) is 23.4. The minimum atomic E-state index is -0.757. The van der Waals surface area contributed by atoms with Gasteiger partial charge in [0.2, 0.25) is 0 Å². The number of nitrogens with one attached hydrogen (secondary N) is 2. The molecule has 3 saturated carbocycles. The van der Waals surface area contributed by atoms with Crippen molar-refractivity contribution < 1.29 is 14.7 Å². The first kappa shape index (κ1) is 12.8. The Labute approximate surface area is 113 Å². The van der Waals surface area contributed by atoms with E-state index in [0.29, 0.717) is 5.92 Å². The standard InChI is InChI=1S/C14H22N2O3/c1-14(5-2-6-14)16-13(19)15-11-9-4-3-8(7-9)10(11)12(17)18/h8-11H,2-7H2,1H3,(H,17,18)(H2,15,16,19). The van der Waals surface area contributed by atoms with E-state index in [9.17, 15) is 14.7 Å². The van der Waals surface area contributed by atoms with Crippen molar-refractivity contribution >= 4 is 12.0 Å². The lowest BCUT2D eigenvalue weighted by molar-refractivity contribution is -0.144. The fourth-order valence-electron chi connectivity index (χ4n) is 4.15. The fraction of sp³-hybridized carbons (Fsp3) is 0.857. The number of carboxylic acid groups (broad SMARTS) is 1. The topological polar surface area (TPSA) is 78.4 Å².